The molecule has 5 aliphatic rings. The first-order valence-corrected chi connectivity index (χ1v) is 11.9. The Morgan fingerprint density at radius 2 is 1.75 bits per heavy atom. The van der Waals surface area contributed by atoms with Crippen molar-refractivity contribution >= 4 is 11.9 Å². The minimum Gasteiger partial charge on any atom is -0.351 e. The first-order valence-electron chi connectivity index (χ1n) is 11.9. The van der Waals surface area contributed by atoms with E-state index in [0.29, 0.717) is 36.0 Å². The van der Waals surface area contributed by atoms with Crippen molar-refractivity contribution < 1.29 is 4.79 Å². The van der Waals surface area contributed by atoms with Crippen LogP contribution in [0.4, 0.5) is 0 Å². The topological polar surface area (TPSA) is 77.5 Å². The Morgan fingerprint density at radius 1 is 0.929 bits per heavy atom. The van der Waals surface area contributed by atoms with E-state index in [2.05, 4.69) is 21.3 Å². The highest BCUT2D eigenvalue weighted by atomic mass is 16.2. The molecule has 2 saturated carbocycles. The van der Waals surface area contributed by atoms with E-state index in [9.17, 15) is 4.79 Å². The van der Waals surface area contributed by atoms with Crippen LogP contribution < -0.4 is 21.3 Å². The third-order valence-electron chi connectivity index (χ3n) is 8.10. The van der Waals surface area contributed by atoms with E-state index in [1.54, 1.807) is 0 Å². The van der Waals surface area contributed by atoms with Crippen molar-refractivity contribution in [1.82, 2.24) is 21.3 Å². The second-order valence-electron chi connectivity index (χ2n) is 9.85. The van der Waals surface area contributed by atoms with Crippen LogP contribution in [-0.2, 0) is 4.79 Å². The van der Waals surface area contributed by atoms with Gasteiger partial charge in [-0.1, -0.05) is 25.7 Å². The number of guanidine groups is 1. The number of piperidine rings is 2. The zero-order chi connectivity index (χ0) is 18.9. The van der Waals surface area contributed by atoms with E-state index in [-0.39, 0.29) is 11.8 Å². The fourth-order valence-corrected chi connectivity index (χ4v) is 6.58. The third kappa shape index (κ3) is 3.82. The van der Waals surface area contributed by atoms with Crippen LogP contribution in [0.3, 0.4) is 0 Å². The number of nitrogens with one attached hydrogen (secondary N) is 4. The van der Waals surface area contributed by atoms with Gasteiger partial charge >= 0.3 is 0 Å². The molecule has 0 spiro atoms. The van der Waals surface area contributed by atoms with Gasteiger partial charge in [-0.15, -0.1) is 0 Å². The van der Waals surface area contributed by atoms with Crippen LogP contribution in [0.25, 0.3) is 0 Å². The maximum atomic E-state index is 13.4. The summed E-state index contributed by atoms with van der Waals surface area (Å²) in [5.41, 5.74) is 0. The van der Waals surface area contributed by atoms with Crippen LogP contribution in [0.1, 0.15) is 70.6 Å². The number of aliphatic imine (C=N–C) groups is 1. The first-order chi connectivity index (χ1) is 13.8. The summed E-state index contributed by atoms with van der Waals surface area (Å²) < 4.78 is 0. The molecular weight excluding hydrogens is 350 g/mol. The maximum absolute atomic E-state index is 13.4. The quantitative estimate of drug-likeness (QED) is 0.584. The van der Waals surface area contributed by atoms with Crippen LogP contribution in [0.2, 0.25) is 0 Å². The van der Waals surface area contributed by atoms with Crippen molar-refractivity contribution in [3.8, 4) is 0 Å². The summed E-state index contributed by atoms with van der Waals surface area (Å²) in [5.74, 6) is 2.26. The first kappa shape index (κ1) is 18.9. The molecule has 0 radical (unpaired) electrons. The zero-order valence-electron chi connectivity index (χ0n) is 17.1. The van der Waals surface area contributed by atoms with Crippen molar-refractivity contribution in [1.29, 1.82) is 0 Å². The van der Waals surface area contributed by atoms with Crippen LogP contribution in [0.5, 0.6) is 0 Å². The van der Waals surface area contributed by atoms with Crippen LogP contribution in [-0.4, -0.2) is 49.1 Å². The molecule has 7 atom stereocenters. The summed E-state index contributed by atoms with van der Waals surface area (Å²) in [6.45, 7) is 2.24. The smallest absolute Gasteiger partial charge is 0.230 e. The van der Waals surface area contributed by atoms with E-state index < -0.39 is 0 Å². The van der Waals surface area contributed by atoms with Gasteiger partial charge in [0.2, 0.25) is 5.91 Å². The van der Waals surface area contributed by atoms with Crippen LogP contribution in [0, 0.1) is 17.8 Å². The molecule has 2 aliphatic carbocycles. The van der Waals surface area contributed by atoms with Crippen molar-refractivity contribution in [3.05, 3.63) is 0 Å². The Hall–Kier alpha value is -1.14. The van der Waals surface area contributed by atoms with Gasteiger partial charge < -0.3 is 16.0 Å². The average Bonchev–Trinajstić information content (AvgIpc) is 3.15. The highest BCUT2D eigenvalue weighted by molar-refractivity contribution is 5.99. The number of hydrogen-bond donors (Lipinski definition) is 4. The lowest BCUT2D eigenvalue weighted by Gasteiger charge is -2.47. The minimum atomic E-state index is 0.130. The summed E-state index contributed by atoms with van der Waals surface area (Å²) in [6, 6.07) is 1.82. The second kappa shape index (κ2) is 8.31. The molecule has 6 nitrogen and oxygen atoms in total. The van der Waals surface area contributed by atoms with E-state index >= 15 is 0 Å². The Kier molecular flexibility index (Phi) is 5.60. The van der Waals surface area contributed by atoms with Crippen molar-refractivity contribution in [3.63, 3.8) is 0 Å². The summed E-state index contributed by atoms with van der Waals surface area (Å²) >= 11 is 0. The third-order valence-corrected chi connectivity index (χ3v) is 8.10. The van der Waals surface area contributed by atoms with E-state index in [1.165, 1.54) is 57.8 Å². The number of hydrogen-bond acceptors (Lipinski definition) is 5. The molecule has 4 fully saturated rings. The maximum Gasteiger partial charge on any atom is 0.230 e. The van der Waals surface area contributed by atoms with E-state index in [0.717, 1.165) is 31.9 Å². The number of carbonyl (C=O) groups is 1. The van der Waals surface area contributed by atoms with Crippen molar-refractivity contribution in [2.75, 3.05) is 13.1 Å². The second-order valence-corrected chi connectivity index (χ2v) is 9.85. The van der Waals surface area contributed by atoms with Gasteiger partial charge in [-0.2, -0.15) is 0 Å². The number of carbonyl (C=O) groups excluding carboxylic acids is 1. The van der Waals surface area contributed by atoms with Gasteiger partial charge in [0, 0.05) is 18.0 Å². The Morgan fingerprint density at radius 3 is 2.57 bits per heavy atom. The molecular formula is C22H37N5O. The summed E-state index contributed by atoms with van der Waals surface area (Å²) in [7, 11) is 0. The highest BCUT2D eigenvalue weighted by Gasteiger charge is 2.44. The van der Waals surface area contributed by atoms with Gasteiger partial charge in [-0.05, 0) is 69.9 Å². The Bertz CT molecular complexity index is 602. The minimum absolute atomic E-state index is 0.130. The van der Waals surface area contributed by atoms with Gasteiger partial charge in [0.1, 0.15) is 0 Å². The summed E-state index contributed by atoms with van der Waals surface area (Å²) in [4.78, 5) is 18.2. The predicted octanol–water partition coefficient (Wildman–Crippen LogP) is 1.91. The van der Waals surface area contributed by atoms with Crippen LogP contribution >= 0.6 is 0 Å². The SMILES string of the molecule is O=C(NC1=NC2CCCCC2N1)C1CC(C2CCCNC2)NC2CCCCC21. The number of rotatable bonds is 2. The molecule has 5 rings (SSSR count). The van der Waals surface area contributed by atoms with Crippen molar-refractivity contribution in [2.45, 2.75) is 94.8 Å². The van der Waals surface area contributed by atoms with Gasteiger partial charge in [0.05, 0.1) is 12.1 Å². The molecule has 4 N–H and O–H groups in total. The molecule has 2 saturated heterocycles. The highest BCUT2D eigenvalue weighted by Crippen LogP contribution is 2.39. The molecule has 156 valence electrons. The lowest BCUT2D eigenvalue weighted by atomic mass is 9.68. The molecule has 0 aromatic rings. The predicted molar refractivity (Wildman–Crippen MR) is 111 cm³/mol. The number of amides is 1. The van der Waals surface area contributed by atoms with E-state index in [4.69, 9.17) is 4.99 Å². The van der Waals surface area contributed by atoms with Gasteiger partial charge in [-0.25, -0.2) is 4.99 Å². The van der Waals surface area contributed by atoms with Gasteiger partial charge in [0.15, 0.2) is 5.96 Å². The molecule has 7 unspecified atom stereocenters. The lowest BCUT2D eigenvalue weighted by molar-refractivity contribution is -0.128. The standard InChI is InChI=1S/C22H37N5O/c28-21(27-22-25-18-9-3-4-10-19(18)26-22)16-12-20(14-6-5-11-23-13-14)24-17-8-2-1-7-15(16)17/h14-20,23-24H,1-13H2,(H2,25,26,27,28). The Balaban J connectivity index is 1.27. The molecule has 6 heteroatoms. The largest absolute Gasteiger partial charge is 0.351 e. The zero-order valence-corrected chi connectivity index (χ0v) is 17.1. The molecule has 1 amide bonds. The molecule has 28 heavy (non-hydrogen) atoms. The summed E-state index contributed by atoms with van der Waals surface area (Å²) in [5, 5.41) is 14.3. The number of nitrogens with zero attached hydrogens (tertiary/aromatic N) is 1. The van der Waals surface area contributed by atoms with Gasteiger partial charge in [0.25, 0.3) is 0 Å². The molecule has 0 bridgehead atoms. The van der Waals surface area contributed by atoms with E-state index in [1.807, 2.05) is 0 Å². The molecule has 0 aromatic carbocycles. The molecule has 0 aromatic heterocycles. The molecule has 3 heterocycles. The average molecular weight is 388 g/mol. The van der Waals surface area contributed by atoms with Gasteiger partial charge in [-0.3, -0.25) is 10.1 Å². The monoisotopic (exact) mass is 387 g/mol. The van der Waals surface area contributed by atoms with Crippen LogP contribution in [0.15, 0.2) is 4.99 Å². The fraction of sp³-hybridized carbons (Fsp3) is 0.909. The lowest BCUT2D eigenvalue weighted by Crippen LogP contribution is -2.60. The normalized spacial score (nSPS) is 43.3. The Labute approximate surface area is 169 Å². The summed E-state index contributed by atoms with van der Waals surface area (Å²) in [6.07, 6.45) is 13.4. The molecule has 3 aliphatic heterocycles. The number of fused-ring (bicyclic) bond motifs is 2. The van der Waals surface area contributed by atoms with Crippen molar-refractivity contribution in [2.24, 2.45) is 22.7 Å². The fourth-order valence-electron chi connectivity index (χ4n) is 6.58.